The Labute approximate surface area is 239 Å². The average molecular weight is 541 g/mol. The topological polar surface area (TPSA) is 89.9 Å². The summed E-state index contributed by atoms with van der Waals surface area (Å²) in [7, 11) is 0. The van der Waals surface area contributed by atoms with Gasteiger partial charge in [-0.3, -0.25) is 20.0 Å². The first-order valence-electron chi connectivity index (χ1n) is 14.8. The summed E-state index contributed by atoms with van der Waals surface area (Å²) in [6.45, 7) is 12.7. The molecule has 0 radical (unpaired) electrons. The van der Waals surface area contributed by atoms with Gasteiger partial charge in [-0.15, -0.1) is 0 Å². The fraction of sp³-hybridized carbons (Fsp3) is 0.529. The van der Waals surface area contributed by atoms with E-state index in [0.717, 1.165) is 62.5 Å². The molecule has 0 amide bonds. The molecule has 6 nitrogen and oxygen atoms in total. The molecule has 2 N–H and O–H groups in total. The van der Waals surface area contributed by atoms with Crippen molar-refractivity contribution in [2.45, 2.75) is 115 Å². The Morgan fingerprint density at radius 2 is 0.700 bits per heavy atom. The van der Waals surface area contributed by atoms with Crippen molar-refractivity contribution in [3.05, 3.63) is 57.6 Å². The molecule has 40 heavy (non-hydrogen) atoms. The SMILES string of the molecule is Cc1cc2c(O)c(c1)C=N[C@]1(C)CCCC[C@@]1(C)N=Cc1cc(C)cc(c1O)C=N[C@]1(C)CCCC[C@@]1(C)N=C2. The normalized spacial score (nSPS) is 32.1. The van der Waals surface area contributed by atoms with Crippen LogP contribution in [0.2, 0.25) is 0 Å². The van der Waals surface area contributed by atoms with Crippen LogP contribution in [0.25, 0.3) is 0 Å². The van der Waals surface area contributed by atoms with Gasteiger partial charge in [0.1, 0.15) is 11.5 Å². The fourth-order valence-corrected chi connectivity index (χ4v) is 6.68. The quantitative estimate of drug-likeness (QED) is 0.367. The Morgan fingerprint density at radius 1 is 0.475 bits per heavy atom. The Hall–Kier alpha value is -3.28. The summed E-state index contributed by atoms with van der Waals surface area (Å²) >= 11 is 0. The number of benzene rings is 2. The number of phenolic OH excluding ortho intramolecular Hbond substituents is 2. The lowest BCUT2D eigenvalue weighted by molar-refractivity contribution is 0.188. The smallest absolute Gasteiger partial charge is 0.133 e. The minimum atomic E-state index is -0.460. The maximum Gasteiger partial charge on any atom is 0.133 e. The predicted molar refractivity (Wildman–Crippen MR) is 167 cm³/mol. The van der Waals surface area contributed by atoms with E-state index in [0.29, 0.717) is 22.3 Å². The molecule has 212 valence electrons. The number of hydrogen-bond acceptors (Lipinski definition) is 6. The molecule has 4 bridgehead atoms. The highest BCUT2D eigenvalue weighted by Crippen LogP contribution is 2.44. The van der Waals surface area contributed by atoms with E-state index in [1.54, 1.807) is 0 Å². The molecule has 4 atom stereocenters. The van der Waals surface area contributed by atoms with E-state index in [4.69, 9.17) is 20.0 Å². The lowest BCUT2D eigenvalue weighted by atomic mass is 9.69. The highest BCUT2D eigenvalue weighted by Gasteiger charge is 2.47. The number of aromatic hydroxyl groups is 2. The second-order valence-electron chi connectivity index (χ2n) is 13.1. The minimum absolute atomic E-state index is 0.198. The monoisotopic (exact) mass is 540 g/mol. The molecule has 3 aliphatic rings. The molecule has 5 rings (SSSR count). The van der Waals surface area contributed by atoms with Crippen molar-refractivity contribution >= 4 is 24.9 Å². The van der Waals surface area contributed by atoms with Crippen molar-refractivity contribution < 1.29 is 10.2 Å². The third-order valence-electron chi connectivity index (χ3n) is 10.1. The largest absolute Gasteiger partial charge is 0.507 e. The average Bonchev–Trinajstić information content (AvgIpc) is 2.91. The van der Waals surface area contributed by atoms with Gasteiger partial charge in [0.15, 0.2) is 0 Å². The summed E-state index contributed by atoms with van der Waals surface area (Å²) in [5.74, 6) is 0.396. The van der Waals surface area contributed by atoms with Gasteiger partial charge in [-0.05, 0) is 103 Å². The third kappa shape index (κ3) is 5.02. The van der Waals surface area contributed by atoms with Crippen LogP contribution in [0.3, 0.4) is 0 Å². The Balaban J connectivity index is 1.73. The van der Waals surface area contributed by atoms with Crippen LogP contribution in [0.4, 0.5) is 0 Å². The van der Waals surface area contributed by atoms with Crippen molar-refractivity contribution in [2.75, 3.05) is 0 Å². The second-order valence-corrected chi connectivity index (χ2v) is 13.1. The maximum absolute atomic E-state index is 11.3. The lowest BCUT2D eigenvalue weighted by Gasteiger charge is -2.45. The summed E-state index contributed by atoms with van der Waals surface area (Å²) in [6, 6.07) is 7.91. The van der Waals surface area contributed by atoms with Gasteiger partial charge in [-0.25, -0.2) is 0 Å². The maximum atomic E-state index is 11.3. The van der Waals surface area contributed by atoms with E-state index >= 15 is 0 Å². The number of phenols is 2. The van der Waals surface area contributed by atoms with Crippen LogP contribution in [0.15, 0.2) is 44.2 Å². The second kappa shape index (κ2) is 10.3. The molecule has 1 aliphatic heterocycles. The van der Waals surface area contributed by atoms with Crippen molar-refractivity contribution in [1.82, 2.24) is 0 Å². The van der Waals surface area contributed by atoms with Gasteiger partial charge in [0.25, 0.3) is 0 Å². The van der Waals surface area contributed by atoms with Gasteiger partial charge in [0, 0.05) is 47.1 Å². The Kier molecular flexibility index (Phi) is 7.26. The van der Waals surface area contributed by atoms with E-state index in [1.165, 1.54) is 0 Å². The molecule has 0 aromatic heterocycles. The van der Waals surface area contributed by atoms with Crippen LogP contribution in [0.5, 0.6) is 11.5 Å². The van der Waals surface area contributed by atoms with Gasteiger partial charge in [-0.1, -0.05) is 25.7 Å². The highest BCUT2D eigenvalue weighted by atomic mass is 16.3. The minimum Gasteiger partial charge on any atom is -0.507 e. The zero-order valence-electron chi connectivity index (χ0n) is 25.0. The molecule has 2 saturated carbocycles. The van der Waals surface area contributed by atoms with Gasteiger partial charge in [-0.2, -0.15) is 0 Å². The molecule has 2 aromatic rings. The molecular formula is C34H44N4O2. The zero-order valence-corrected chi connectivity index (χ0v) is 25.0. The van der Waals surface area contributed by atoms with Crippen LogP contribution in [-0.2, 0) is 0 Å². The summed E-state index contributed by atoms with van der Waals surface area (Å²) in [5.41, 5.74) is 3.02. The fourth-order valence-electron chi connectivity index (χ4n) is 6.68. The van der Waals surface area contributed by atoms with Gasteiger partial charge in [0.2, 0.25) is 0 Å². The van der Waals surface area contributed by atoms with Crippen molar-refractivity contribution in [3.63, 3.8) is 0 Å². The Bertz CT molecular complexity index is 1220. The van der Waals surface area contributed by atoms with Crippen LogP contribution < -0.4 is 0 Å². The lowest BCUT2D eigenvalue weighted by Crippen LogP contribution is -2.50. The summed E-state index contributed by atoms with van der Waals surface area (Å²) in [4.78, 5) is 20.5. The molecule has 2 fully saturated rings. The zero-order chi connectivity index (χ0) is 28.8. The van der Waals surface area contributed by atoms with E-state index < -0.39 is 22.2 Å². The van der Waals surface area contributed by atoms with Crippen molar-refractivity contribution in [2.24, 2.45) is 20.0 Å². The van der Waals surface area contributed by atoms with Gasteiger partial charge >= 0.3 is 0 Å². The summed E-state index contributed by atoms with van der Waals surface area (Å²) < 4.78 is 0. The number of nitrogens with zero attached hydrogens (tertiary/aromatic N) is 4. The molecule has 2 aliphatic carbocycles. The first kappa shape index (κ1) is 28.3. The molecule has 0 spiro atoms. The molecule has 6 heteroatoms. The number of aryl methyl sites for hydroxylation is 2. The molecular weight excluding hydrogens is 496 g/mol. The van der Waals surface area contributed by atoms with E-state index in [9.17, 15) is 10.2 Å². The van der Waals surface area contributed by atoms with Crippen LogP contribution in [0, 0.1) is 13.8 Å². The predicted octanol–water partition coefficient (Wildman–Crippen LogP) is 7.29. The number of hydrogen-bond donors (Lipinski definition) is 2. The summed E-state index contributed by atoms with van der Waals surface area (Å²) in [5, 5.41) is 22.7. The third-order valence-corrected chi connectivity index (χ3v) is 10.1. The summed E-state index contributed by atoms with van der Waals surface area (Å²) in [6.07, 6.45) is 15.2. The molecule has 2 aromatic carbocycles. The number of fused-ring (bicyclic) bond motifs is 6. The van der Waals surface area contributed by atoms with Crippen LogP contribution in [0.1, 0.15) is 112 Å². The standard InChI is InChI=1S/C34H44N4O2/c1-23-15-25-19-35-31(3)11-7-9-13-33(31,5)37-21-27-17-24(2)18-28(30(27)40)22-38-34(6)14-10-8-12-32(34,4)36-20-26(16-23)29(25)39/h15-22,39-40H,7-14H2,1-6H3/t31-,32-,33-,34-/m1/s1. The van der Waals surface area contributed by atoms with E-state index in [2.05, 4.69) is 27.7 Å². The number of rotatable bonds is 0. The van der Waals surface area contributed by atoms with E-state index in [1.807, 2.05) is 63.0 Å². The molecule has 0 saturated heterocycles. The highest BCUT2D eigenvalue weighted by molar-refractivity contribution is 5.94. The van der Waals surface area contributed by atoms with Gasteiger partial charge < -0.3 is 10.2 Å². The molecule has 1 heterocycles. The first-order valence-corrected chi connectivity index (χ1v) is 14.8. The first-order chi connectivity index (χ1) is 18.9. The Morgan fingerprint density at radius 3 is 0.925 bits per heavy atom. The van der Waals surface area contributed by atoms with Gasteiger partial charge in [0.05, 0.1) is 22.2 Å². The number of aliphatic imine (C=N–C) groups is 4. The van der Waals surface area contributed by atoms with Crippen molar-refractivity contribution in [1.29, 1.82) is 0 Å². The molecule has 0 unspecified atom stereocenters. The van der Waals surface area contributed by atoms with Crippen molar-refractivity contribution in [3.8, 4) is 11.5 Å². The van der Waals surface area contributed by atoms with Crippen LogP contribution in [-0.4, -0.2) is 57.2 Å². The van der Waals surface area contributed by atoms with Crippen LogP contribution >= 0.6 is 0 Å². The van der Waals surface area contributed by atoms with E-state index in [-0.39, 0.29) is 11.5 Å².